The van der Waals surface area contributed by atoms with Gasteiger partial charge in [0.15, 0.2) is 11.5 Å². The van der Waals surface area contributed by atoms with Crippen LogP contribution in [-0.4, -0.2) is 24.6 Å². The highest BCUT2D eigenvalue weighted by Gasteiger charge is 2.18. The maximum absolute atomic E-state index is 12.4. The van der Waals surface area contributed by atoms with Gasteiger partial charge in [-0.15, -0.1) is 11.3 Å². The molecule has 0 N–H and O–H groups in total. The zero-order valence-corrected chi connectivity index (χ0v) is 13.2. The van der Waals surface area contributed by atoms with Crippen LogP contribution in [0, 0.1) is 0 Å². The van der Waals surface area contributed by atoms with E-state index in [2.05, 4.69) is 15.9 Å². The third-order valence-electron chi connectivity index (χ3n) is 3.01. The molecule has 6 heteroatoms. The van der Waals surface area contributed by atoms with Crippen molar-refractivity contribution in [2.24, 2.45) is 0 Å². The Bertz CT molecular complexity index is 656. The predicted molar refractivity (Wildman–Crippen MR) is 80.4 cm³/mol. The summed E-state index contributed by atoms with van der Waals surface area (Å²) in [6.45, 7) is 0.793. The molecule has 1 aliphatic rings. The Kier molecular flexibility index (Phi) is 3.67. The number of rotatable bonds is 3. The first-order valence-electron chi connectivity index (χ1n) is 6.01. The van der Waals surface area contributed by atoms with Gasteiger partial charge in [-0.05, 0) is 51.1 Å². The van der Waals surface area contributed by atoms with E-state index in [0.29, 0.717) is 23.6 Å². The molecule has 104 valence electrons. The summed E-state index contributed by atoms with van der Waals surface area (Å²) in [5, 5.41) is 2.04. The molecule has 0 saturated carbocycles. The first-order valence-corrected chi connectivity index (χ1v) is 7.69. The molecule has 0 fully saturated rings. The second-order valence-corrected chi connectivity index (χ2v) is 6.78. The van der Waals surface area contributed by atoms with Gasteiger partial charge in [-0.3, -0.25) is 4.79 Å². The molecule has 2 aromatic rings. The molecule has 0 spiro atoms. The van der Waals surface area contributed by atoms with Crippen LogP contribution in [0.2, 0.25) is 0 Å². The van der Waals surface area contributed by atoms with Crippen LogP contribution in [0.15, 0.2) is 33.4 Å². The molecule has 0 atom stereocenters. The van der Waals surface area contributed by atoms with Crippen LogP contribution in [0.1, 0.15) is 15.9 Å². The number of ether oxygens (including phenoxy) is 2. The average molecular weight is 354 g/mol. The molecule has 4 nitrogen and oxygen atoms in total. The fraction of sp³-hybridized carbons (Fsp3) is 0.214. The van der Waals surface area contributed by atoms with Crippen molar-refractivity contribution >= 4 is 33.2 Å². The van der Waals surface area contributed by atoms with Crippen molar-refractivity contribution in [2.75, 3.05) is 13.8 Å². The van der Waals surface area contributed by atoms with Gasteiger partial charge in [0.25, 0.3) is 5.91 Å². The van der Waals surface area contributed by atoms with Gasteiger partial charge < -0.3 is 14.4 Å². The monoisotopic (exact) mass is 353 g/mol. The predicted octanol–water partition coefficient (Wildman–Crippen LogP) is 3.51. The van der Waals surface area contributed by atoms with Crippen molar-refractivity contribution in [3.8, 4) is 11.5 Å². The van der Waals surface area contributed by atoms with Crippen molar-refractivity contribution in [3.63, 3.8) is 0 Å². The van der Waals surface area contributed by atoms with Gasteiger partial charge >= 0.3 is 0 Å². The van der Waals surface area contributed by atoms with Gasteiger partial charge in [0.1, 0.15) is 0 Å². The third kappa shape index (κ3) is 2.66. The van der Waals surface area contributed by atoms with Gasteiger partial charge in [0, 0.05) is 19.2 Å². The summed E-state index contributed by atoms with van der Waals surface area (Å²) in [5.74, 6) is 1.28. The van der Waals surface area contributed by atoms with Crippen LogP contribution >= 0.6 is 27.3 Å². The quantitative estimate of drug-likeness (QED) is 0.847. The maximum Gasteiger partial charge on any atom is 0.254 e. The van der Waals surface area contributed by atoms with Crippen LogP contribution in [0.25, 0.3) is 0 Å². The van der Waals surface area contributed by atoms with E-state index in [1.54, 1.807) is 41.5 Å². The molecule has 20 heavy (non-hydrogen) atoms. The molecule has 1 aromatic carbocycles. The van der Waals surface area contributed by atoms with Crippen LogP contribution in [0.3, 0.4) is 0 Å². The average Bonchev–Trinajstić information content (AvgIpc) is 3.05. The van der Waals surface area contributed by atoms with Crippen LogP contribution in [0.4, 0.5) is 0 Å². The molecular weight excluding hydrogens is 342 g/mol. The Balaban J connectivity index is 1.74. The highest BCUT2D eigenvalue weighted by Crippen LogP contribution is 2.32. The highest BCUT2D eigenvalue weighted by molar-refractivity contribution is 9.11. The largest absolute Gasteiger partial charge is 0.454 e. The summed E-state index contributed by atoms with van der Waals surface area (Å²) in [6, 6.07) is 7.28. The van der Waals surface area contributed by atoms with Crippen molar-refractivity contribution < 1.29 is 14.3 Å². The molecule has 0 aliphatic carbocycles. The number of carbonyl (C=O) groups excluding carboxylic acids is 1. The third-order valence-corrected chi connectivity index (χ3v) is 4.56. The zero-order valence-electron chi connectivity index (χ0n) is 10.8. The molecule has 0 bridgehead atoms. The Morgan fingerprint density at radius 2 is 2.15 bits per heavy atom. The van der Waals surface area contributed by atoms with E-state index in [-0.39, 0.29) is 12.7 Å². The Morgan fingerprint density at radius 1 is 1.35 bits per heavy atom. The SMILES string of the molecule is CN(Cc1csc(Br)c1)C(=O)c1ccc2c(c1)OCO2. The van der Waals surface area contributed by atoms with E-state index in [1.807, 2.05) is 11.4 Å². The van der Waals surface area contributed by atoms with Crippen LogP contribution < -0.4 is 9.47 Å². The first-order chi connectivity index (χ1) is 9.63. The molecule has 0 radical (unpaired) electrons. The molecule has 2 heterocycles. The van der Waals surface area contributed by atoms with E-state index in [4.69, 9.17) is 9.47 Å². The number of carbonyl (C=O) groups is 1. The van der Waals surface area contributed by atoms with E-state index in [1.165, 1.54) is 0 Å². The fourth-order valence-corrected chi connectivity index (χ4v) is 3.22. The minimum Gasteiger partial charge on any atom is -0.454 e. The van der Waals surface area contributed by atoms with Crippen molar-refractivity contribution in [1.82, 2.24) is 4.90 Å². The molecule has 1 aromatic heterocycles. The van der Waals surface area contributed by atoms with Gasteiger partial charge in [-0.25, -0.2) is 0 Å². The second kappa shape index (κ2) is 5.46. The van der Waals surface area contributed by atoms with E-state index >= 15 is 0 Å². The van der Waals surface area contributed by atoms with Gasteiger partial charge in [-0.2, -0.15) is 0 Å². The molecular formula is C14H12BrNO3S. The summed E-state index contributed by atoms with van der Waals surface area (Å²) < 4.78 is 11.6. The fourth-order valence-electron chi connectivity index (χ4n) is 2.02. The Morgan fingerprint density at radius 3 is 2.90 bits per heavy atom. The lowest BCUT2D eigenvalue weighted by Gasteiger charge is -2.16. The summed E-state index contributed by atoms with van der Waals surface area (Å²) in [5.41, 5.74) is 1.71. The Hall–Kier alpha value is -1.53. The number of thiophene rings is 1. The number of amides is 1. The van der Waals surface area contributed by atoms with Crippen LogP contribution in [-0.2, 0) is 6.54 Å². The van der Waals surface area contributed by atoms with Gasteiger partial charge in [0.2, 0.25) is 6.79 Å². The Labute approximate surface area is 129 Å². The lowest BCUT2D eigenvalue weighted by Crippen LogP contribution is -2.25. The molecule has 3 rings (SSSR count). The smallest absolute Gasteiger partial charge is 0.254 e. The summed E-state index contributed by atoms with van der Waals surface area (Å²) in [4.78, 5) is 14.1. The minimum absolute atomic E-state index is 0.0365. The van der Waals surface area contributed by atoms with E-state index in [9.17, 15) is 4.79 Å². The second-order valence-electron chi connectivity index (χ2n) is 4.49. The number of hydrogen-bond donors (Lipinski definition) is 0. The number of benzene rings is 1. The first kappa shape index (κ1) is 13.5. The van der Waals surface area contributed by atoms with E-state index < -0.39 is 0 Å². The molecule has 1 aliphatic heterocycles. The lowest BCUT2D eigenvalue weighted by molar-refractivity contribution is 0.0785. The van der Waals surface area contributed by atoms with Crippen LogP contribution in [0.5, 0.6) is 11.5 Å². The summed E-state index contributed by atoms with van der Waals surface area (Å²) in [7, 11) is 1.79. The van der Waals surface area contributed by atoms with Gasteiger partial charge in [0.05, 0.1) is 3.79 Å². The summed E-state index contributed by atoms with van der Waals surface area (Å²) >= 11 is 5.03. The van der Waals surface area contributed by atoms with Crippen molar-refractivity contribution in [1.29, 1.82) is 0 Å². The lowest BCUT2D eigenvalue weighted by atomic mass is 10.1. The maximum atomic E-state index is 12.4. The van der Waals surface area contributed by atoms with Gasteiger partial charge in [-0.1, -0.05) is 0 Å². The minimum atomic E-state index is -0.0365. The van der Waals surface area contributed by atoms with E-state index in [0.717, 1.165) is 9.35 Å². The van der Waals surface area contributed by atoms with Crippen molar-refractivity contribution in [2.45, 2.75) is 6.54 Å². The molecule has 0 saturated heterocycles. The normalized spacial score (nSPS) is 12.5. The topological polar surface area (TPSA) is 38.8 Å². The summed E-state index contributed by atoms with van der Waals surface area (Å²) in [6.07, 6.45) is 0. The highest BCUT2D eigenvalue weighted by atomic mass is 79.9. The molecule has 0 unspecified atom stereocenters. The number of hydrogen-bond acceptors (Lipinski definition) is 4. The number of halogens is 1. The van der Waals surface area contributed by atoms with Crippen molar-refractivity contribution in [3.05, 3.63) is 44.6 Å². The number of fused-ring (bicyclic) bond motifs is 1. The zero-order chi connectivity index (χ0) is 14.1. The number of nitrogens with zero attached hydrogens (tertiary/aromatic N) is 1. The standard InChI is InChI=1S/C14H12BrNO3S/c1-16(6-9-4-13(15)20-7-9)14(17)10-2-3-11-12(5-10)19-8-18-11/h2-5,7H,6,8H2,1H3. The molecule has 1 amide bonds.